The first-order valence-electron chi connectivity index (χ1n) is 11.3. The van der Waals surface area contributed by atoms with E-state index in [2.05, 4.69) is 10.0 Å². The summed E-state index contributed by atoms with van der Waals surface area (Å²) in [7, 11) is -3.84. The number of fused-ring (bicyclic) bond motifs is 1. The third kappa shape index (κ3) is 5.98. The van der Waals surface area contributed by atoms with Crippen molar-refractivity contribution >= 4 is 15.9 Å². The highest BCUT2D eigenvalue weighted by Crippen LogP contribution is 2.32. The summed E-state index contributed by atoms with van der Waals surface area (Å²) in [6, 6.07) is 15.5. The summed E-state index contributed by atoms with van der Waals surface area (Å²) in [5.41, 5.74) is 2.58. The van der Waals surface area contributed by atoms with Crippen molar-refractivity contribution in [1.82, 2.24) is 10.0 Å². The molecule has 3 aromatic carbocycles. The van der Waals surface area contributed by atoms with Gasteiger partial charge in [0.15, 0.2) is 11.5 Å². The van der Waals surface area contributed by atoms with Crippen molar-refractivity contribution < 1.29 is 27.1 Å². The summed E-state index contributed by atoms with van der Waals surface area (Å²) in [6.07, 6.45) is 0.408. The van der Waals surface area contributed by atoms with Crippen LogP contribution in [0, 0.1) is 12.7 Å². The summed E-state index contributed by atoms with van der Waals surface area (Å²) in [5.74, 6) is 0.571. The van der Waals surface area contributed by atoms with Crippen molar-refractivity contribution in [2.75, 3.05) is 19.8 Å². The predicted octanol–water partition coefficient (Wildman–Crippen LogP) is 3.92. The fourth-order valence-electron chi connectivity index (χ4n) is 3.76. The average Bonchev–Trinajstić information content (AvgIpc) is 2.85. The number of amides is 1. The first-order chi connectivity index (χ1) is 16.7. The zero-order valence-corrected chi connectivity index (χ0v) is 20.3. The van der Waals surface area contributed by atoms with E-state index in [1.807, 2.05) is 25.1 Å². The van der Waals surface area contributed by atoms with E-state index in [9.17, 15) is 17.6 Å². The molecule has 0 saturated carbocycles. The van der Waals surface area contributed by atoms with E-state index >= 15 is 0 Å². The number of rotatable bonds is 8. The number of aryl methyl sites for hydroxylation is 1. The van der Waals surface area contributed by atoms with Gasteiger partial charge in [0, 0.05) is 12.1 Å². The molecule has 0 spiro atoms. The summed E-state index contributed by atoms with van der Waals surface area (Å²) in [4.78, 5) is 13.0. The van der Waals surface area contributed by atoms with Gasteiger partial charge in [0.2, 0.25) is 10.0 Å². The Balaban J connectivity index is 1.43. The van der Waals surface area contributed by atoms with Crippen LogP contribution in [0.1, 0.15) is 40.0 Å². The number of hydrogen-bond donors (Lipinski definition) is 2. The minimum Gasteiger partial charge on any atom is -0.486 e. The van der Waals surface area contributed by atoms with Crippen LogP contribution in [0.2, 0.25) is 0 Å². The molecule has 0 bridgehead atoms. The molecule has 7 nitrogen and oxygen atoms in total. The number of ether oxygens (including phenoxy) is 2. The first kappa shape index (κ1) is 24.7. The SMILES string of the molecule is Cc1ccc(S(=O)(=O)NCCc2ccc(F)cc2)cc1C(=O)N[C@@H](C)c1ccc2c(c1)OCCO2. The van der Waals surface area contributed by atoms with Crippen LogP contribution in [0.25, 0.3) is 0 Å². The summed E-state index contributed by atoms with van der Waals surface area (Å²) < 4.78 is 52.4. The first-order valence-corrected chi connectivity index (χ1v) is 12.8. The lowest BCUT2D eigenvalue weighted by Crippen LogP contribution is -2.29. The molecule has 1 aliphatic heterocycles. The van der Waals surface area contributed by atoms with Crippen LogP contribution in [-0.4, -0.2) is 34.1 Å². The normalized spacial score (nSPS) is 13.8. The Bertz CT molecular complexity index is 1330. The standard InChI is InChI=1S/C26H27FN2O5S/c1-17-3-9-22(35(31,32)28-12-11-19-4-7-21(27)8-5-19)16-23(17)26(30)29-18(2)20-6-10-24-25(15-20)34-14-13-33-24/h3-10,15-16,18,28H,11-14H2,1-2H3,(H,29,30)/t18-/m0/s1. The monoisotopic (exact) mass is 498 g/mol. The lowest BCUT2D eigenvalue weighted by molar-refractivity contribution is 0.0939. The minimum absolute atomic E-state index is 0.000612. The van der Waals surface area contributed by atoms with Gasteiger partial charge < -0.3 is 14.8 Å². The van der Waals surface area contributed by atoms with Crippen molar-refractivity contribution in [1.29, 1.82) is 0 Å². The number of benzene rings is 3. The quantitative estimate of drug-likeness (QED) is 0.491. The van der Waals surface area contributed by atoms with Crippen LogP contribution >= 0.6 is 0 Å². The van der Waals surface area contributed by atoms with Crippen LogP contribution in [0.15, 0.2) is 65.6 Å². The molecule has 0 unspecified atom stereocenters. The average molecular weight is 499 g/mol. The van der Waals surface area contributed by atoms with Crippen LogP contribution in [0.3, 0.4) is 0 Å². The highest BCUT2D eigenvalue weighted by molar-refractivity contribution is 7.89. The van der Waals surface area contributed by atoms with Crippen molar-refractivity contribution in [2.24, 2.45) is 0 Å². The number of halogens is 1. The zero-order valence-electron chi connectivity index (χ0n) is 19.5. The Kier molecular flexibility index (Phi) is 7.37. The Morgan fingerprint density at radius 1 is 1.00 bits per heavy atom. The van der Waals surface area contributed by atoms with Gasteiger partial charge in [-0.3, -0.25) is 4.79 Å². The van der Waals surface area contributed by atoms with Crippen molar-refractivity contribution in [3.05, 3.63) is 88.7 Å². The van der Waals surface area contributed by atoms with Gasteiger partial charge in [-0.1, -0.05) is 24.3 Å². The van der Waals surface area contributed by atoms with E-state index in [4.69, 9.17) is 9.47 Å². The topological polar surface area (TPSA) is 93.7 Å². The lowest BCUT2D eigenvalue weighted by atomic mass is 10.0. The highest BCUT2D eigenvalue weighted by Gasteiger charge is 2.20. The lowest BCUT2D eigenvalue weighted by Gasteiger charge is -2.21. The number of carbonyl (C=O) groups excluding carboxylic acids is 1. The molecule has 0 radical (unpaired) electrons. The molecule has 3 aromatic rings. The van der Waals surface area contributed by atoms with Crippen LogP contribution in [0.5, 0.6) is 11.5 Å². The van der Waals surface area contributed by atoms with Gasteiger partial charge in [0.05, 0.1) is 10.9 Å². The predicted molar refractivity (Wildman–Crippen MR) is 130 cm³/mol. The van der Waals surface area contributed by atoms with Gasteiger partial charge in [-0.05, 0) is 73.4 Å². The molecule has 4 rings (SSSR count). The van der Waals surface area contributed by atoms with E-state index in [0.29, 0.717) is 36.7 Å². The Morgan fingerprint density at radius 2 is 1.71 bits per heavy atom. The molecule has 35 heavy (non-hydrogen) atoms. The zero-order chi connectivity index (χ0) is 25.0. The molecule has 0 saturated heterocycles. The molecule has 1 aliphatic rings. The third-order valence-electron chi connectivity index (χ3n) is 5.80. The van der Waals surface area contributed by atoms with Gasteiger partial charge in [0.1, 0.15) is 19.0 Å². The maximum atomic E-state index is 13.0. The van der Waals surface area contributed by atoms with E-state index in [-0.39, 0.29) is 34.8 Å². The van der Waals surface area contributed by atoms with Crippen molar-refractivity contribution in [3.8, 4) is 11.5 Å². The fourth-order valence-corrected chi connectivity index (χ4v) is 4.82. The molecule has 1 amide bonds. The molecule has 9 heteroatoms. The van der Waals surface area contributed by atoms with E-state index < -0.39 is 10.0 Å². The van der Waals surface area contributed by atoms with Crippen molar-refractivity contribution in [3.63, 3.8) is 0 Å². The fraction of sp³-hybridized carbons (Fsp3) is 0.269. The molecular formula is C26H27FN2O5S. The number of carbonyl (C=O) groups is 1. The second-order valence-corrected chi connectivity index (χ2v) is 10.1. The smallest absolute Gasteiger partial charge is 0.252 e. The summed E-state index contributed by atoms with van der Waals surface area (Å²) >= 11 is 0. The second kappa shape index (κ2) is 10.5. The third-order valence-corrected chi connectivity index (χ3v) is 7.26. The molecule has 184 valence electrons. The molecule has 1 atom stereocenters. The highest BCUT2D eigenvalue weighted by atomic mass is 32.2. The number of sulfonamides is 1. The van der Waals surface area contributed by atoms with Crippen molar-refractivity contribution in [2.45, 2.75) is 31.2 Å². The second-order valence-electron chi connectivity index (χ2n) is 8.35. The molecule has 1 heterocycles. The molecular weight excluding hydrogens is 471 g/mol. The van der Waals surface area contributed by atoms with Crippen LogP contribution < -0.4 is 19.5 Å². The maximum Gasteiger partial charge on any atom is 0.252 e. The minimum atomic E-state index is -3.84. The van der Waals surface area contributed by atoms with E-state index in [1.165, 1.54) is 24.3 Å². The summed E-state index contributed by atoms with van der Waals surface area (Å²) in [6.45, 7) is 4.70. The molecule has 0 fully saturated rings. The Morgan fingerprint density at radius 3 is 2.46 bits per heavy atom. The van der Waals surface area contributed by atoms with Gasteiger partial charge in [-0.25, -0.2) is 17.5 Å². The van der Waals surface area contributed by atoms with Gasteiger partial charge in [-0.15, -0.1) is 0 Å². The number of nitrogens with one attached hydrogen (secondary N) is 2. The van der Waals surface area contributed by atoms with Gasteiger partial charge in [0.25, 0.3) is 5.91 Å². The van der Waals surface area contributed by atoms with Crippen LogP contribution in [0.4, 0.5) is 4.39 Å². The van der Waals surface area contributed by atoms with E-state index in [1.54, 1.807) is 25.1 Å². The Labute approximate surface area is 204 Å². The number of hydrogen-bond acceptors (Lipinski definition) is 5. The molecule has 0 aliphatic carbocycles. The maximum absolute atomic E-state index is 13.0. The van der Waals surface area contributed by atoms with Crippen LogP contribution in [-0.2, 0) is 16.4 Å². The summed E-state index contributed by atoms with van der Waals surface area (Å²) in [5, 5.41) is 2.93. The molecule has 2 N–H and O–H groups in total. The molecule has 0 aromatic heterocycles. The Hall–Kier alpha value is -3.43. The van der Waals surface area contributed by atoms with E-state index in [0.717, 1.165) is 11.1 Å². The van der Waals surface area contributed by atoms with Gasteiger partial charge in [-0.2, -0.15) is 0 Å². The van der Waals surface area contributed by atoms with Gasteiger partial charge >= 0.3 is 0 Å². The largest absolute Gasteiger partial charge is 0.486 e.